The second-order valence-corrected chi connectivity index (χ2v) is 4.21. The maximum absolute atomic E-state index is 9.37. The van der Waals surface area contributed by atoms with E-state index in [4.69, 9.17) is 15.2 Å². The highest BCUT2D eigenvalue weighted by Crippen LogP contribution is 2.31. The summed E-state index contributed by atoms with van der Waals surface area (Å²) in [6.45, 7) is 0. The maximum Gasteiger partial charge on any atom is 0.161 e. The Kier molecular flexibility index (Phi) is 4.42. The normalized spacial score (nSPS) is 11.3. The first-order valence-corrected chi connectivity index (χ1v) is 6.24. The molecule has 5 heteroatoms. The van der Waals surface area contributed by atoms with E-state index in [2.05, 4.69) is 11.1 Å². The minimum atomic E-state index is 0.379. The molecular weight excluding hydrogens is 266 g/mol. The molecule has 0 aliphatic rings. The topological polar surface area (TPSA) is 81.2 Å². The van der Waals surface area contributed by atoms with Crippen LogP contribution in [0, 0.1) is 11.3 Å². The molecule has 0 aliphatic carbocycles. The van der Waals surface area contributed by atoms with Crippen molar-refractivity contribution in [2.24, 2.45) is 5.73 Å². The van der Waals surface area contributed by atoms with Crippen molar-refractivity contribution in [3.63, 3.8) is 0 Å². The number of allylic oxidation sites excluding steroid dienone is 1. The first-order valence-electron chi connectivity index (χ1n) is 6.24. The van der Waals surface area contributed by atoms with E-state index in [1.54, 1.807) is 56.9 Å². The largest absolute Gasteiger partial charge is 0.493 e. The van der Waals surface area contributed by atoms with E-state index >= 15 is 0 Å². The smallest absolute Gasteiger partial charge is 0.161 e. The summed E-state index contributed by atoms with van der Waals surface area (Å²) < 4.78 is 10.4. The number of rotatable bonds is 4. The second-order valence-electron chi connectivity index (χ2n) is 4.21. The number of hydrogen-bond acceptors (Lipinski definition) is 5. The number of nitrogens with two attached hydrogens (primary N) is 1. The Labute approximate surface area is 123 Å². The highest BCUT2D eigenvalue weighted by atomic mass is 16.5. The minimum Gasteiger partial charge on any atom is -0.493 e. The highest BCUT2D eigenvalue weighted by molar-refractivity contribution is 5.96. The molecule has 5 nitrogen and oxygen atoms in total. The third-order valence-corrected chi connectivity index (χ3v) is 3.04. The van der Waals surface area contributed by atoms with Gasteiger partial charge in [0, 0.05) is 18.0 Å². The van der Waals surface area contributed by atoms with Crippen LogP contribution >= 0.6 is 0 Å². The van der Waals surface area contributed by atoms with Crippen molar-refractivity contribution in [2.75, 3.05) is 14.2 Å². The number of nitriles is 1. The van der Waals surface area contributed by atoms with Gasteiger partial charge in [-0.1, -0.05) is 0 Å². The maximum atomic E-state index is 9.37. The highest BCUT2D eigenvalue weighted by Gasteiger charge is 2.11. The fourth-order valence-electron chi connectivity index (χ4n) is 1.95. The molecule has 2 aromatic rings. The molecule has 0 amide bonds. The lowest BCUT2D eigenvalue weighted by Gasteiger charge is -2.11. The van der Waals surface area contributed by atoms with Crippen LogP contribution in [0.15, 0.2) is 42.7 Å². The molecule has 0 bridgehead atoms. The molecular formula is C16H15N3O2. The summed E-state index contributed by atoms with van der Waals surface area (Å²) in [5, 5.41) is 9.37. The number of aromatic nitrogens is 1. The van der Waals surface area contributed by atoms with Crippen LogP contribution in [0.5, 0.6) is 11.5 Å². The van der Waals surface area contributed by atoms with Gasteiger partial charge < -0.3 is 15.2 Å². The van der Waals surface area contributed by atoms with Crippen molar-refractivity contribution >= 4 is 11.3 Å². The van der Waals surface area contributed by atoms with Gasteiger partial charge in [-0.05, 0) is 35.9 Å². The first kappa shape index (κ1) is 14.4. The molecule has 21 heavy (non-hydrogen) atoms. The average Bonchev–Trinajstić information content (AvgIpc) is 2.55. The van der Waals surface area contributed by atoms with Crippen LogP contribution in [0.1, 0.15) is 11.1 Å². The van der Waals surface area contributed by atoms with Gasteiger partial charge in [0.05, 0.1) is 25.5 Å². The predicted molar refractivity (Wildman–Crippen MR) is 80.4 cm³/mol. The van der Waals surface area contributed by atoms with Crippen molar-refractivity contribution in [1.29, 1.82) is 5.26 Å². The van der Waals surface area contributed by atoms with Crippen LogP contribution in [-0.4, -0.2) is 19.2 Å². The average molecular weight is 281 g/mol. The van der Waals surface area contributed by atoms with Crippen LogP contribution in [-0.2, 0) is 0 Å². The van der Waals surface area contributed by atoms with Gasteiger partial charge in [0.1, 0.15) is 6.07 Å². The zero-order valence-corrected chi connectivity index (χ0v) is 11.8. The molecule has 0 aliphatic heterocycles. The Morgan fingerprint density at radius 3 is 2.29 bits per heavy atom. The third kappa shape index (κ3) is 2.95. The summed E-state index contributed by atoms with van der Waals surface area (Å²) in [6, 6.07) is 10.9. The van der Waals surface area contributed by atoms with E-state index in [0.717, 1.165) is 5.56 Å². The van der Waals surface area contributed by atoms with Gasteiger partial charge in [-0.25, -0.2) is 0 Å². The number of hydrogen-bond donors (Lipinski definition) is 1. The SMILES string of the molecule is COc1ccc(/C(N)=C(/C#N)c2ccncc2)cc1OC. The molecule has 1 heterocycles. The van der Waals surface area contributed by atoms with Crippen molar-refractivity contribution in [1.82, 2.24) is 4.98 Å². The quantitative estimate of drug-likeness (QED) is 0.870. The van der Waals surface area contributed by atoms with E-state index in [-0.39, 0.29) is 0 Å². The summed E-state index contributed by atoms with van der Waals surface area (Å²) in [6.07, 6.45) is 3.24. The van der Waals surface area contributed by atoms with E-state index in [0.29, 0.717) is 28.3 Å². The van der Waals surface area contributed by atoms with Gasteiger partial charge in [-0.3, -0.25) is 4.98 Å². The van der Waals surface area contributed by atoms with Crippen LogP contribution in [0.4, 0.5) is 0 Å². The standard InChI is InChI=1S/C16H15N3O2/c1-20-14-4-3-12(9-15(14)21-2)16(18)13(10-17)11-5-7-19-8-6-11/h3-9H,18H2,1-2H3/b16-13+. The Hall–Kier alpha value is -3.00. The molecule has 0 fully saturated rings. The molecule has 0 radical (unpaired) electrons. The fourth-order valence-corrected chi connectivity index (χ4v) is 1.95. The van der Waals surface area contributed by atoms with Gasteiger partial charge in [-0.15, -0.1) is 0 Å². The van der Waals surface area contributed by atoms with Crippen LogP contribution in [0.3, 0.4) is 0 Å². The van der Waals surface area contributed by atoms with E-state index in [1.165, 1.54) is 0 Å². The zero-order valence-electron chi connectivity index (χ0n) is 11.8. The minimum absolute atomic E-state index is 0.379. The summed E-state index contributed by atoms with van der Waals surface area (Å²) in [5.41, 5.74) is 8.33. The monoisotopic (exact) mass is 281 g/mol. The predicted octanol–water partition coefficient (Wildman–Crippen LogP) is 2.45. The zero-order chi connectivity index (χ0) is 15.2. The lowest BCUT2D eigenvalue weighted by Crippen LogP contribution is -2.02. The number of ether oxygens (including phenoxy) is 2. The Balaban J connectivity index is 2.54. The molecule has 0 saturated heterocycles. The molecule has 2 N–H and O–H groups in total. The van der Waals surface area contributed by atoms with Gasteiger partial charge in [0.25, 0.3) is 0 Å². The Morgan fingerprint density at radius 2 is 1.71 bits per heavy atom. The van der Waals surface area contributed by atoms with Gasteiger partial charge in [0.15, 0.2) is 11.5 Å². The number of benzene rings is 1. The van der Waals surface area contributed by atoms with E-state index in [9.17, 15) is 5.26 Å². The van der Waals surface area contributed by atoms with Gasteiger partial charge in [-0.2, -0.15) is 5.26 Å². The summed E-state index contributed by atoms with van der Waals surface area (Å²) in [7, 11) is 3.12. The number of nitrogens with zero attached hydrogens (tertiary/aromatic N) is 2. The molecule has 0 unspecified atom stereocenters. The van der Waals surface area contributed by atoms with Crippen LogP contribution < -0.4 is 15.2 Å². The number of methoxy groups -OCH3 is 2. The molecule has 2 rings (SSSR count). The van der Waals surface area contributed by atoms with Gasteiger partial charge in [0.2, 0.25) is 0 Å². The van der Waals surface area contributed by atoms with Gasteiger partial charge >= 0.3 is 0 Å². The van der Waals surface area contributed by atoms with Crippen molar-refractivity contribution in [2.45, 2.75) is 0 Å². The molecule has 1 aromatic heterocycles. The molecule has 0 atom stereocenters. The molecule has 1 aromatic carbocycles. The van der Waals surface area contributed by atoms with E-state index in [1.807, 2.05) is 0 Å². The number of pyridine rings is 1. The van der Waals surface area contributed by atoms with Crippen LogP contribution in [0.2, 0.25) is 0 Å². The second kappa shape index (κ2) is 6.44. The first-order chi connectivity index (χ1) is 10.2. The van der Waals surface area contributed by atoms with Crippen molar-refractivity contribution in [3.05, 3.63) is 53.9 Å². The third-order valence-electron chi connectivity index (χ3n) is 3.04. The lowest BCUT2D eigenvalue weighted by atomic mass is 10.0. The summed E-state index contributed by atoms with van der Waals surface area (Å²) in [5.74, 6) is 1.17. The Morgan fingerprint density at radius 1 is 1.05 bits per heavy atom. The molecule has 106 valence electrons. The lowest BCUT2D eigenvalue weighted by molar-refractivity contribution is 0.355. The van der Waals surface area contributed by atoms with Crippen molar-refractivity contribution in [3.8, 4) is 17.6 Å². The van der Waals surface area contributed by atoms with Crippen molar-refractivity contribution < 1.29 is 9.47 Å². The molecule has 0 spiro atoms. The van der Waals surface area contributed by atoms with E-state index < -0.39 is 0 Å². The van der Waals surface area contributed by atoms with Crippen LogP contribution in [0.25, 0.3) is 11.3 Å². The molecule has 0 saturated carbocycles. The fraction of sp³-hybridized carbons (Fsp3) is 0.125. The summed E-state index contributed by atoms with van der Waals surface area (Å²) in [4.78, 5) is 3.93. The Bertz CT molecular complexity index is 703. The summed E-state index contributed by atoms with van der Waals surface area (Å²) >= 11 is 0.